The molecule has 0 radical (unpaired) electrons. The zero-order valence-corrected chi connectivity index (χ0v) is 18.1. The van der Waals surface area contributed by atoms with Gasteiger partial charge in [0, 0.05) is 10.9 Å². The molecule has 6 rings (SSSR count). The molecule has 7 heteroatoms. The topological polar surface area (TPSA) is 102 Å². The number of alkyl halides is 1. The number of benzene rings is 1. The number of nitrogens with one attached hydrogen (secondary N) is 1. The Bertz CT molecular complexity index is 1020. The van der Waals surface area contributed by atoms with Crippen molar-refractivity contribution in [1.29, 1.82) is 0 Å². The van der Waals surface area contributed by atoms with Crippen molar-refractivity contribution in [3.8, 4) is 0 Å². The summed E-state index contributed by atoms with van der Waals surface area (Å²) in [5.41, 5.74) is 7.40. The molecule has 0 saturated heterocycles. The Morgan fingerprint density at radius 2 is 1.71 bits per heavy atom. The molecule has 0 spiro atoms. The zero-order chi connectivity index (χ0) is 21.8. The van der Waals surface area contributed by atoms with Crippen LogP contribution in [0.1, 0.15) is 54.6 Å². The number of ketones is 2. The highest BCUT2D eigenvalue weighted by atomic mass is 35.5. The molecule has 0 aliphatic heterocycles. The highest BCUT2D eigenvalue weighted by Crippen LogP contribution is 2.57. The smallest absolute Gasteiger partial charge is 0.355 e. The second-order valence-electron chi connectivity index (χ2n) is 9.75. The van der Waals surface area contributed by atoms with E-state index >= 15 is 0 Å². The van der Waals surface area contributed by atoms with Gasteiger partial charge < -0.3 is 15.5 Å². The molecule has 4 saturated carbocycles. The molecule has 6 nitrogen and oxygen atoms in total. The molecule has 0 unspecified atom stereocenters. The number of para-hydroxylation sites is 1. The predicted molar refractivity (Wildman–Crippen MR) is 117 cm³/mol. The molecule has 31 heavy (non-hydrogen) atoms. The highest BCUT2D eigenvalue weighted by molar-refractivity contribution is 6.48. The van der Waals surface area contributed by atoms with Crippen LogP contribution in [0.4, 0.5) is 0 Å². The fourth-order valence-electron chi connectivity index (χ4n) is 6.58. The lowest BCUT2D eigenvalue weighted by Gasteiger charge is -2.55. The maximum atomic E-state index is 13.4. The van der Waals surface area contributed by atoms with Gasteiger partial charge in [0.15, 0.2) is 0 Å². The standard InChI is InChI=1S/C24H27ClN2O4/c25-12-20(28)22(29)18(26)8-17-16-3-1-2-4-19(16)27-21(17)23(30)31-24-9-13-5-14(10-24)7-15(6-13)11-24/h1-4,13-15,18,27H,5-12,26H2/t13?,14?,15?,18-,24?/m0/s1. The Morgan fingerprint density at radius 1 is 1.10 bits per heavy atom. The first-order valence-corrected chi connectivity index (χ1v) is 11.6. The number of hydrogen-bond donors (Lipinski definition) is 2. The van der Waals surface area contributed by atoms with E-state index in [0.29, 0.717) is 29.0 Å². The molecule has 1 atom stereocenters. The minimum absolute atomic E-state index is 0.0663. The van der Waals surface area contributed by atoms with E-state index in [1.165, 1.54) is 19.3 Å². The van der Waals surface area contributed by atoms with E-state index in [2.05, 4.69) is 4.98 Å². The van der Waals surface area contributed by atoms with Crippen molar-refractivity contribution in [3.63, 3.8) is 0 Å². The Balaban J connectivity index is 1.44. The molecule has 2 aromatic rings. The van der Waals surface area contributed by atoms with Gasteiger partial charge in [0.25, 0.3) is 0 Å². The van der Waals surface area contributed by atoms with Gasteiger partial charge in [0.2, 0.25) is 11.6 Å². The van der Waals surface area contributed by atoms with E-state index in [4.69, 9.17) is 22.1 Å². The molecule has 1 heterocycles. The Hall–Kier alpha value is -2.18. The number of carbonyl (C=O) groups is 3. The van der Waals surface area contributed by atoms with Gasteiger partial charge in [-0.05, 0) is 74.3 Å². The van der Waals surface area contributed by atoms with E-state index < -0.39 is 29.5 Å². The number of carbonyl (C=O) groups excluding carboxylic acids is 3. The fraction of sp³-hybridized carbons (Fsp3) is 0.542. The van der Waals surface area contributed by atoms with Crippen molar-refractivity contribution in [3.05, 3.63) is 35.5 Å². The zero-order valence-electron chi connectivity index (χ0n) is 17.4. The van der Waals surface area contributed by atoms with E-state index in [-0.39, 0.29) is 12.0 Å². The molecule has 4 fully saturated rings. The average molecular weight is 443 g/mol. The number of ether oxygens (including phenoxy) is 1. The number of Topliss-reactive ketones (excluding diaryl/α,β-unsaturated/α-hetero) is 2. The summed E-state index contributed by atoms with van der Waals surface area (Å²) in [6, 6.07) is 6.43. The number of aromatic amines is 1. The van der Waals surface area contributed by atoms with E-state index in [9.17, 15) is 14.4 Å². The summed E-state index contributed by atoms with van der Waals surface area (Å²) in [5, 5.41) is 0.807. The minimum Gasteiger partial charge on any atom is -0.454 e. The number of rotatable bonds is 7. The van der Waals surface area contributed by atoms with Crippen LogP contribution in [0.3, 0.4) is 0 Å². The quantitative estimate of drug-likeness (QED) is 0.388. The number of nitrogens with two attached hydrogens (primary N) is 1. The Kier molecular flexibility index (Phi) is 5.18. The molecule has 3 N–H and O–H groups in total. The average Bonchev–Trinajstić information content (AvgIpc) is 3.10. The molecule has 4 aliphatic carbocycles. The van der Waals surface area contributed by atoms with Crippen molar-refractivity contribution in [1.82, 2.24) is 4.98 Å². The number of H-pyrrole nitrogens is 1. The van der Waals surface area contributed by atoms with Gasteiger partial charge in [-0.3, -0.25) is 9.59 Å². The van der Waals surface area contributed by atoms with E-state index in [1.54, 1.807) is 0 Å². The predicted octanol–water partition coefficient (Wildman–Crippen LogP) is 3.54. The van der Waals surface area contributed by atoms with Crippen LogP contribution < -0.4 is 5.73 Å². The Morgan fingerprint density at radius 3 is 2.32 bits per heavy atom. The van der Waals surface area contributed by atoms with Gasteiger partial charge in [0.05, 0.1) is 11.9 Å². The summed E-state index contributed by atoms with van der Waals surface area (Å²) in [6.45, 7) is 0. The van der Waals surface area contributed by atoms with Crippen molar-refractivity contribution in [2.24, 2.45) is 23.5 Å². The lowest BCUT2D eigenvalue weighted by Crippen LogP contribution is -2.52. The van der Waals surface area contributed by atoms with Gasteiger partial charge in [-0.25, -0.2) is 4.79 Å². The molecule has 164 valence electrons. The third-order valence-electron chi connectivity index (χ3n) is 7.47. The van der Waals surface area contributed by atoms with Gasteiger partial charge in [-0.2, -0.15) is 0 Å². The van der Waals surface area contributed by atoms with Crippen LogP contribution in [0, 0.1) is 17.8 Å². The number of esters is 1. The van der Waals surface area contributed by atoms with Gasteiger partial charge in [-0.15, -0.1) is 11.6 Å². The third kappa shape index (κ3) is 3.70. The summed E-state index contributed by atoms with van der Waals surface area (Å²) in [5.74, 6) is -0.248. The SMILES string of the molecule is N[C@@H](Cc1c(C(=O)OC23CC4CC(CC(C4)C2)C3)[nH]c2ccccc12)C(=O)C(=O)CCl. The number of aromatic nitrogens is 1. The highest BCUT2D eigenvalue weighted by Gasteiger charge is 2.53. The first kappa shape index (κ1) is 20.7. The lowest BCUT2D eigenvalue weighted by molar-refractivity contribution is -0.135. The summed E-state index contributed by atoms with van der Waals surface area (Å²) in [6.07, 6.45) is 6.70. The summed E-state index contributed by atoms with van der Waals surface area (Å²) in [7, 11) is 0. The van der Waals surface area contributed by atoms with Crippen LogP contribution in [0.5, 0.6) is 0 Å². The first-order valence-electron chi connectivity index (χ1n) is 11.1. The normalized spacial score (nSPS) is 29.8. The van der Waals surface area contributed by atoms with Crippen LogP contribution >= 0.6 is 11.6 Å². The third-order valence-corrected chi connectivity index (χ3v) is 7.71. The van der Waals surface area contributed by atoms with Crippen LogP contribution in [0.15, 0.2) is 24.3 Å². The van der Waals surface area contributed by atoms with Crippen molar-refractivity contribution in [2.45, 2.75) is 56.6 Å². The molecular weight excluding hydrogens is 416 g/mol. The fourth-order valence-corrected chi connectivity index (χ4v) is 6.71. The maximum absolute atomic E-state index is 13.4. The largest absolute Gasteiger partial charge is 0.454 e. The number of halogens is 1. The van der Waals surface area contributed by atoms with Crippen molar-refractivity contribution >= 4 is 40.0 Å². The monoisotopic (exact) mass is 442 g/mol. The van der Waals surface area contributed by atoms with E-state index in [0.717, 1.165) is 30.2 Å². The maximum Gasteiger partial charge on any atom is 0.355 e. The van der Waals surface area contributed by atoms with Gasteiger partial charge in [-0.1, -0.05) is 18.2 Å². The van der Waals surface area contributed by atoms with Gasteiger partial charge in [0.1, 0.15) is 11.3 Å². The molecule has 0 amide bonds. The molecule has 4 bridgehead atoms. The number of fused-ring (bicyclic) bond motifs is 1. The summed E-state index contributed by atoms with van der Waals surface area (Å²) < 4.78 is 6.23. The van der Waals surface area contributed by atoms with Gasteiger partial charge >= 0.3 is 5.97 Å². The van der Waals surface area contributed by atoms with Crippen molar-refractivity contribution < 1.29 is 19.1 Å². The molecule has 1 aromatic heterocycles. The molecule has 1 aromatic carbocycles. The Labute approximate surface area is 185 Å². The molecule has 4 aliphatic rings. The minimum atomic E-state index is -1.06. The second kappa shape index (κ2) is 7.75. The van der Waals surface area contributed by atoms with Crippen LogP contribution in [0.25, 0.3) is 10.9 Å². The van der Waals surface area contributed by atoms with Crippen LogP contribution in [0.2, 0.25) is 0 Å². The van der Waals surface area contributed by atoms with Crippen LogP contribution in [-0.4, -0.2) is 40.0 Å². The van der Waals surface area contributed by atoms with Crippen molar-refractivity contribution in [2.75, 3.05) is 5.88 Å². The summed E-state index contributed by atoms with van der Waals surface area (Å²) in [4.78, 5) is 40.5. The second-order valence-corrected chi connectivity index (χ2v) is 10.0. The van der Waals surface area contributed by atoms with E-state index in [1.807, 2.05) is 24.3 Å². The lowest BCUT2D eigenvalue weighted by atomic mass is 9.54. The summed E-state index contributed by atoms with van der Waals surface area (Å²) >= 11 is 5.52. The number of hydrogen-bond acceptors (Lipinski definition) is 5. The van der Waals surface area contributed by atoms with Crippen LogP contribution in [-0.2, 0) is 20.7 Å². The first-order chi connectivity index (χ1) is 14.9. The molecular formula is C24H27ClN2O4.